The van der Waals surface area contributed by atoms with Crippen LogP contribution in [0.5, 0.6) is 0 Å². The third kappa shape index (κ3) is 2.84. The molecule has 3 rings (SSSR count). The number of nitrogens with one attached hydrogen (secondary N) is 1. The molecule has 3 N–H and O–H groups in total. The smallest absolute Gasteiger partial charge is 0.348 e. The van der Waals surface area contributed by atoms with Crippen molar-refractivity contribution < 1.29 is 9.53 Å². The number of thiophene rings is 1. The maximum atomic E-state index is 11.9. The molecule has 0 aliphatic rings. The molecule has 112 valence electrons. The first kappa shape index (κ1) is 14.3. The second-order valence-electron chi connectivity index (χ2n) is 4.47. The van der Waals surface area contributed by atoms with Crippen molar-refractivity contribution in [3.8, 4) is 0 Å². The van der Waals surface area contributed by atoms with E-state index >= 15 is 0 Å². The number of ether oxygens (including phenoxy) is 1. The van der Waals surface area contributed by atoms with Crippen LogP contribution < -0.4 is 11.1 Å². The predicted molar refractivity (Wildman–Crippen MR) is 87.5 cm³/mol. The number of esters is 1. The molecule has 2 heterocycles. The number of nitrogens with zero attached hydrogens (tertiary/aromatic N) is 2. The molecule has 0 aliphatic carbocycles. The first-order valence-electron chi connectivity index (χ1n) is 6.73. The van der Waals surface area contributed by atoms with Gasteiger partial charge in [0.1, 0.15) is 15.5 Å². The average molecular weight is 314 g/mol. The van der Waals surface area contributed by atoms with Crippen LogP contribution in [0, 0.1) is 0 Å². The van der Waals surface area contributed by atoms with E-state index in [0.717, 1.165) is 11.1 Å². The molecule has 0 amide bonds. The Hall–Kier alpha value is -2.67. The fourth-order valence-electron chi connectivity index (χ4n) is 1.99. The zero-order valence-corrected chi connectivity index (χ0v) is 12.7. The summed E-state index contributed by atoms with van der Waals surface area (Å²) in [4.78, 5) is 21.4. The summed E-state index contributed by atoms with van der Waals surface area (Å²) in [5, 5.41) is 3.94. The minimum absolute atomic E-state index is 0.156. The van der Waals surface area contributed by atoms with Crippen molar-refractivity contribution in [3.63, 3.8) is 0 Å². The van der Waals surface area contributed by atoms with Gasteiger partial charge in [-0.3, -0.25) is 0 Å². The average Bonchev–Trinajstić information content (AvgIpc) is 2.92. The van der Waals surface area contributed by atoms with Crippen molar-refractivity contribution in [1.82, 2.24) is 9.97 Å². The number of para-hydroxylation sites is 1. The van der Waals surface area contributed by atoms with Gasteiger partial charge in [-0.25, -0.2) is 9.78 Å². The van der Waals surface area contributed by atoms with Crippen molar-refractivity contribution in [1.29, 1.82) is 0 Å². The van der Waals surface area contributed by atoms with E-state index in [4.69, 9.17) is 10.5 Å². The molecule has 0 bridgehead atoms. The van der Waals surface area contributed by atoms with Gasteiger partial charge in [0.05, 0.1) is 12.0 Å². The van der Waals surface area contributed by atoms with Crippen molar-refractivity contribution >= 4 is 45.0 Å². The molecule has 6 nitrogen and oxygen atoms in total. The Morgan fingerprint density at radius 3 is 2.82 bits per heavy atom. The zero-order chi connectivity index (χ0) is 15.5. The topological polar surface area (TPSA) is 90.1 Å². The summed E-state index contributed by atoms with van der Waals surface area (Å²) < 4.78 is 5.02. The van der Waals surface area contributed by atoms with E-state index in [2.05, 4.69) is 15.3 Å². The fourth-order valence-corrected chi connectivity index (χ4v) is 2.93. The van der Waals surface area contributed by atoms with Crippen LogP contribution in [0.3, 0.4) is 0 Å². The van der Waals surface area contributed by atoms with E-state index in [1.165, 1.54) is 11.3 Å². The molecule has 0 spiro atoms. The molecule has 0 fully saturated rings. The van der Waals surface area contributed by atoms with Gasteiger partial charge >= 0.3 is 5.97 Å². The van der Waals surface area contributed by atoms with Crippen LogP contribution in [-0.4, -0.2) is 22.5 Å². The number of nitrogens with two attached hydrogens (primary N) is 1. The third-order valence-corrected chi connectivity index (χ3v) is 3.93. The Labute approximate surface area is 131 Å². The molecule has 3 aromatic rings. The molecule has 0 radical (unpaired) electrons. The Morgan fingerprint density at radius 1 is 1.32 bits per heavy atom. The number of benzene rings is 1. The van der Waals surface area contributed by atoms with E-state index in [-0.39, 0.29) is 11.9 Å². The van der Waals surface area contributed by atoms with E-state index < -0.39 is 0 Å². The zero-order valence-electron chi connectivity index (χ0n) is 11.9. The first-order chi connectivity index (χ1) is 10.7. The summed E-state index contributed by atoms with van der Waals surface area (Å²) >= 11 is 1.24. The Balaban J connectivity index is 2.03. The minimum Gasteiger partial charge on any atom is -0.462 e. The van der Waals surface area contributed by atoms with Crippen molar-refractivity contribution in [2.75, 3.05) is 17.7 Å². The maximum Gasteiger partial charge on any atom is 0.348 e. The van der Waals surface area contributed by atoms with E-state index in [1.54, 1.807) is 13.0 Å². The molecule has 0 aliphatic heterocycles. The lowest BCUT2D eigenvalue weighted by Gasteiger charge is -2.06. The van der Waals surface area contributed by atoms with E-state index in [9.17, 15) is 4.79 Å². The van der Waals surface area contributed by atoms with Crippen LogP contribution in [0.4, 0.5) is 17.5 Å². The van der Waals surface area contributed by atoms with Crippen LogP contribution in [0.1, 0.15) is 16.6 Å². The number of fused-ring (bicyclic) bond motifs is 1. The lowest BCUT2D eigenvalue weighted by atomic mass is 10.3. The number of anilines is 3. The first-order valence-corrected chi connectivity index (χ1v) is 7.55. The Bertz CT molecular complexity index is 817. The highest BCUT2D eigenvalue weighted by Gasteiger charge is 2.16. The van der Waals surface area contributed by atoms with Crippen LogP contribution in [-0.2, 0) is 4.74 Å². The predicted octanol–water partition coefficient (Wildman–Crippen LogP) is 3.19. The van der Waals surface area contributed by atoms with Gasteiger partial charge < -0.3 is 15.8 Å². The summed E-state index contributed by atoms with van der Waals surface area (Å²) in [5.74, 6) is 0.360. The van der Waals surface area contributed by atoms with Gasteiger partial charge in [0.2, 0.25) is 5.95 Å². The number of carbonyl (C=O) groups excluding carboxylic acids is 1. The minimum atomic E-state index is -0.366. The van der Waals surface area contributed by atoms with Crippen molar-refractivity contribution in [2.24, 2.45) is 0 Å². The van der Waals surface area contributed by atoms with E-state index in [1.807, 2.05) is 30.3 Å². The molecular weight excluding hydrogens is 300 g/mol. The fraction of sp³-hybridized carbons (Fsp3) is 0.133. The standard InChI is InChI=1S/C15H14N4O2S/c1-2-21-14(20)11-8-10-12(17-9-6-4-3-5-7-9)18-15(16)19-13(10)22-11/h3-8H,2H2,1H3,(H3,16,17,18,19). The molecule has 1 aromatic carbocycles. The summed E-state index contributed by atoms with van der Waals surface area (Å²) in [6.07, 6.45) is 0. The maximum absolute atomic E-state index is 11.9. The largest absolute Gasteiger partial charge is 0.462 e. The molecule has 22 heavy (non-hydrogen) atoms. The highest BCUT2D eigenvalue weighted by atomic mass is 32.1. The van der Waals surface area contributed by atoms with E-state index in [0.29, 0.717) is 22.1 Å². The molecular formula is C15H14N4O2S. The van der Waals surface area contributed by atoms with Gasteiger partial charge in [-0.15, -0.1) is 11.3 Å². The number of rotatable bonds is 4. The number of aromatic nitrogens is 2. The second-order valence-corrected chi connectivity index (χ2v) is 5.50. The summed E-state index contributed by atoms with van der Waals surface area (Å²) in [6, 6.07) is 11.3. The molecule has 0 saturated carbocycles. The number of carbonyl (C=O) groups is 1. The monoisotopic (exact) mass is 314 g/mol. The Morgan fingerprint density at radius 2 is 2.09 bits per heavy atom. The SMILES string of the molecule is CCOC(=O)c1cc2c(Nc3ccccc3)nc(N)nc2s1. The van der Waals surface area contributed by atoms with Gasteiger partial charge in [-0.2, -0.15) is 4.98 Å². The number of nitrogen functional groups attached to an aromatic ring is 1. The van der Waals surface area contributed by atoms with Gasteiger partial charge in [-0.05, 0) is 25.1 Å². The number of hydrogen-bond donors (Lipinski definition) is 2. The number of hydrogen-bond acceptors (Lipinski definition) is 7. The van der Waals surface area contributed by atoms with Crippen LogP contribution >= 0.6 is 11.3 Å². The lowest BCUT2D eigenvalue weighted by Crippen LogP contribution is -2.01. The van der Waals surface area contributed by atoms with Crippen LogP contribution in [0.15, 0.2) is 36.4 Å². The van der Waals surface area contributed by atoms with Gasteiger partial charge in [-0.1, -0.05) is 18.2 Å². The third-order valence-electron chi connectivity index (χ3n) is 2.92. The van der Waals surface area contributed by atoms with Crippen LogP contribution in [0.2, 0.25) is 0 Å². The highest BCUT2D eigenvalue weighted by molar-refractivity contribution is 7.20. The quantitative estimate of drug-likeness (QED) is 0.719. The van der Waals surface area contributed by atoms with Crippen molar-refractivity contribution in [3.05, 3.63) is 41.3 Å². The Kier molecular flexibility index (Phi) is 3.88. The molecule has 7 heteroatoms. The molecule has 2 aromatic heterocycles. The highest BCUT2D eigenvalue weighted by Crippen LogP contribution is 2.31. The lowest BCUT2D eigenvalue weighted by molar-refractivity contribution is 0.0532. The van der Waals surface area contributed by atoms with Crippen LogP contribution in [0.25, 0.3) is 10.2 Å². The van der Waals surface area contributed by atoms with Gasteiger partial charge in [0, 0.05) is 5.69 Å². The normalized spacial score (nSPS) is 10.6. The van der Waals surface area contributed by atoms with Gasteiger partial charge in [0.15, 0.2) is 0 Å². The molecule has 0 saturated heterocycles. The summed E-state index contributed by atoms with van der Waals surface area (Å²) in [7, 11) is 0. The van der Waals surface area contributed by atoms with Crippen molar-refractivity contribution in [2.45, 2.75) is 6.92 Å². The van der Waals surface area contributed by atoms with Gasteiger partial charge in [0.25, 0.3) is 0 Å². The molecule has 0 unspecified atom stereocenters. The summed E-state index contributed by atoms with van der Waals surface area (Å²) in [6.45, 7) is 2.10. The second kappa shape index (κ2) is 5.98. The summed E-state index contributed by atoms with van der Waals surface area (Å²) in [5.41, 5.74) is 6.63. The molecule has 0 atom stereocenters.